The Morgan fingerprint density at radius 1 is 1.30 bits per heavy atom. The number of rotatable bonds is 2. The van der Waals surface area contributed by atoms with Crippen molar-refractivity contribution in [2.45, 2.75) is 13.0 Å². The molecule has 0 unspecified atom stereocenters. The van der Waals surface area contributed by atoms with Crippen LogP contribution in [0.15, 0.2) is 41.8 Å². The topological polar surface area (TPSA) is 20.3 Å². The second-order valence-corrected chi connectivity index (χ2v) is 6.14. The van der Waals surface area contributed by atoms with Gasteiger partial charge in [-0.1, -0.05) is 29.8 Å². The SMILES string of the molecule is O=C(/C=C/c1ccccc1Cl)N1CCc2sccc2C1. The standard InChI is InChI=1S/C16H14ClNOS/c17-14-4-2-1-3-12(14)5-6-16(19)18-9-7-15-13(11-18)8-10-20-15/h1-6,8,10H,7,9,11H2/b6-5+. The van der Waals surface area contributed by atoms with Crippen LogP contribution in [0.5, 0.6) is 0 Å². The molecule has 0 saturated heterocycles. The fourth-order valence-corrected chi connectivity index (χ4v) is 3.40. The minimum atomic E-state index is 0.0433. The Hall–Kier alpha value is -1.58. The molecule has 1 aliphatic rings. The van der Waals surface area contributed by atoms with Gasteiger partial charge in [0.1, 0.15) is 0 Å². The molecule has 2 aromatic rings. The van der Waals surface area contributed by atoms with Crippen molar-refractivity contribution in [3.8, 4) is 0 Å². The Bertz CT molecular complexity index is 662. The van der Waals surface area contributed by atoms with Crippen LogP contribution in [-0.2, 0) is 17.8 Å². The van der Waals surface area contributed by atoms with Crippen LogP contribution in [0.4, 0.5) is 0 Å². The quantitative estimate of drug-likeness (QED) is 0.768. The molecule has 0 N–H and O–H groups in total. The van der Waals surface area contributed by atoms with E-state index in [2.05, 4.69) is 11.4 Å². The van der Waals surface area contributed by atoms with Crippen molar-refractivity contribution in [1.82, 2.24) is 4.90 Å². The lowest BCUT2D eigenvalue weighted by molar-refractivity contribution is -0.126. The molecule has 0 radical (unpaired) electrons. The van der Waals surface area contributed by atoms with Crippen molar-refractivity contribution in [2.24, 2.45) is 0 Å². The number of halogens is 1. The molecule has 1 aromatic carbocycles. The summed E-state index contributed by atoms with van der Waals surface area (Å²) in [4.78, 5) is 15.5. The van der Waals surface area contributed by atoms with Crippen LogP contribution in [0.3, 0.4) is 0 Å². The van der Waals surface area contributed by atoms with Crippen LogP contribution >= 0.6 is 22.9 Å². The number of benzene rings is 1. The largest absolute Gasteiger partial charge is 0.334 e. The molecule has 0 saturated carbocycles. The summed E-state index contributed by atoms with van der Waals surface area (Å²) < 4.78 is 0. The zero-order chi connectivity index (χ0) is 13.9. The summed E-state index contributed by atoms with van der Waals surface area (Å²) in [7, 11) is 0. The van der Waals surface area contributed by atoms with E-state index in [1.807, 2.05) is 29.2 Å². The Kier molecular flexibility index (Phi) is 3.90. The molecule has 0 atom stereocenters. The van der Waals surface area contributed by atoms with Crippen LogP contribution in [0.25, 0.3) is 6.08 Å². The first-order chi connectivity index (χ1) is 9.74. The molecule has 0 aliphatic carbocycles. The third-order valence-electron chi connectivity index (χ3n) is 3.43. The number of thiophene rings is 1. The second kappa shape index (κ2) is 5.81. The molecule has 102 valence electrons. The Balaban J connectivity index is 1.70. The maximum atomic E-state index is 12.2. The zero-order valence-corrected chi connectivity index (χ0v) is 12.5. The molecule has 0 fully saturated rings. The van der Waals surface area contributed by atoms with Crippen molar-refractivity contribution < 1.29 is 4.79 Å². The molecular formula is C16H14ClNOS. The summed E-state index contributed by atoms with van der Waals surface area (Å²) in [6, 6.07) is 9.62. The van der Waals surface area contributed by atoms with Gasteiger partial charge in [-0.3, -0.25) is 4.79 Å². The van der Waals surface area contributed by atoms with Crippen molar-refractivity contribution in [2.75, 3.05) is 6.54 Å². The monoisotopic (exact) mass is 303 g/mol. The molecular weight excluding hydrogens is 290 g/mol. The van der Waals surface area contributed by atoms with Gasteiger partial charge in [-0.05, 0) is 41.1 Å². The van der Waals surface area contributed by atoms with E-state index < -0.39 is 0 Å². The van der Waals surface area contributed by atoms with E-state index in [0.29, 0.717) is 11.6 Å². The third-order valence-corrected chi connectivity index (χ3v) is 4.80. The van der Waals surface area contributed by atoms with Gasteiger partial charge in [0.2, 0.25) is 5.91 Å². The highest BCUT2D eigenvalue weighted by Gasteiger charge is 2.19. The lowest BCUT2D eigenvalue weighted by atomic mass is 10.1. The predicted molar refractivity (Wildman–Crippen MR) is 83.9 cm³/mol. The number of carbonyl (C=O) groups excluding carboxylic acids is 1. The number of nitrogens with zero attached hydrogens (tertiary/aromatic N) is 1. The van der Waals surface area contributed by atoms with Crippen LogP contribution < -0.4 is 0 Å². The van der Waals surface area contributed by atoms with Gasteiger partial charge < -0.3 is 4.90 Å². The van der Waals surface area contributed by atoms with Gasteiger partial charge in [-0.15, -0.1) is 11.3 Å². The molecule has 2 nitrogen and oxygen atoms in total. The fourth-order valence-electron chi connectivity index (χ4n) is 2.31. The van der Waals surface area contributed by atoms with E-state index in [1.54, 1.807) is 23.5 Å². The van der Waals surface area contributed by atoms with Crippen LogP contribution in [0, 0.1) is 0 Å². The van der Waals surface area contributed by atoms with Crippen molar-refractivity contribution in [3.05, 3.63) is 62.8 Å². The van der Waals surface area contributed by atoms with Gasteiger partial charge >= 0.3 is 0 Å². The lowest BCUT2D eigenvalue weighted by Gasteiger charge is -2.25. The Labute approximate surface area is 127 Å². The van der Waals surface area contributed by atoms with E-state index in [-0.39, 0.29) is 5.91 Å². The molecule has 0 spiro atoms. The van der Waals surface area contributed by atoms with Crippen molar-refractivity contribution in [3.63, 3.8) is 0 Å². The molecule has 1 aromatic heterocycles. The van der Waals surface area contributed by atoms with Crippen molar-refractivity contribution >= 4 is 34.9 Å². The maximum absolute atomic E-state index is 12.2. The molecule has 1 aliphatic heterocycles. The maximum Gasteiger partial charge on any atom is 0.246 e. The molecule has 3 rings (SSSR count). The number of hydrogen-bond donors (Lipinski definition) is 0. The summed E-state index contributed by atoms with van der Waals surface area (Å²) in [5.41, 5.74) is 2.15. The third kappa shape index (κ3) is 2.79. The first kappa shape index (κ1) is 13.4. The van der Waals surface area contributed by atoms with Gasteiger partial charge in [0.25, 0.3) is 0 Å². The molecule has 1 amide bonds. The number of carbonyl (C=O) groups is 1. The summed E-state index contributed by atoms with van der Waals surface area (Å²) in [5.74, 6) is 0.0433. The molecule has 2 heterocycles. The highest BCUT2D eigenvalue weighted by molar-refractivity contribution is 7.10. The number of amides is 1. The summed E-state index contributed by atoms with van der Waals surface area (Å²) in [6.45, 7) is 1.50. The summed E-state index contributed by atoms with van der Waals surface area (Å²) in [5, 5.41) is 2.76. The Morgan fingerprint density at radius 2 is 2.15 bits per heavy atom. The van der Waals surface area contributed by atoms with E-state index in [1.165, 1.54) is 10.4 Å². The van der Waals surface area contributed by atoms with Crippen LogP contribution in [-0.4, -0.2) is 17.4 Å². The first-order valence-corrected chi connectivity index (χ1v) is 7.76. The predicted octanol–water partition coefficient (Wildman–Crippen LogP) is 4.00. The van der Waals surface area contributed by atoms with Gasteiger partial charge in [-0.2, -0.15) is 0 Å². The molecule has 0 bridgehead atoms. The minimum absolute atomic E-state index is 0.0433. The summed E-state index contributed by atoms with van der Waals surface area (Å²) in [6.07, 6.45) is 4.35. The zero-order valence-electron chi connectivity index (χ0n) is 10.9. The average molecular weight is 304 g/mol. The Morgan fingerprint density at radius 3 is 3.00 bits per heavy atom. The highest BCUT2D eigenvalue weighted by atomic mass is 35.5. The van der Waals surface area contributed by atoms with Gasteiger partial charge in [0, 0.05) is 29.1 Å². The van der Waals surface area contributed by atoms with Gasteiger partial charge in [0.15, 0.2) is 0 Å². The fraction of sp³-hybridized carbons (Fsp3) is 0.188. The van der Waals surface area contributed by atoms with Crippen molar-refractivity contribution in [1.29, 1.82) is 0 Å². The van der Waals surface area contributed by atoms with Crippen LogP contribution in [0.1, 0.15) is 16.0 Å². The van der Waals surface area contributed by atoms with Gasteiger partial charge in [-0.25, -0.2) is 0 Å². The second-order valence-electron chi connectivity index (χ2n) is 4.73. The number of hydrogen-bond acceptors (Lipinski definition) is 2. The van der Waals surface area contributed by atoms with E-state index in [4.69, 9.17) is 11.6 Å². The number of fused-ring (bicyclic) bond motifs is 1. The molecule has 4 heteroatoms. The smallest absolute Gasteiger partial charge is 0.246 e. The normalized spacial score (nSPS) is 14.6. The van der Waals surface area contributed by atoms with E-state index in [0.717, 1.165) is 18.5 Å². The van der Waals surface area contributed by atoms with E-state index in [9.17, 15) is 4.79 Å². The van der Waals surface area contributed by atoms with Crippen LogP contribution in [0.2, 0.25) is 5.02 Å². The van der Waals surface area contributed by atoms with Gasteiger partial charge in [0.05, 0.1) is 0 Å². The average Bonchev–Trinajstić information content (AvgIpc) is 2.93. The molecule has 20 heavy (non-hydrogen) atoms. The lowest BCUT2D eigenvalue weighted by Crippen LogP contribution is -2.34. The van der Waals surface area contributed by atoms with E-state index >= 15 is 0 Å². The first-order valence-electron chi connectivity index (χ1n) is 6.51. The summed E-state index contributed by atoms with van der Waals surface area (Å²) >= 11 is 7.85. The highest BCUT2D eigenvalue weighted by Crippen LogP contribution is 2.24. The minimum Gasteiger partial charge on any atom is -0.334 e.